The topological polar surface area (TPSA) is 58.6 Å². The van der Waals surface area contributed by atoms with Gasteiger partial charge < -0.3 is 15.2 Å². The predicted octanol–water partition coefficient (Wildman–Crippen LogP) is 0.0525. The van der Waals surface area contributed by atoms with Gasteiger partial charge in [-0.15, -0.1) is 0 Å². The Bertz CT molecular complexity index is 207. The summed E-state index contributed by atoms with van der Waals surface area (Å²) in [7, 11) is 0. The van der Waals surface area contributed by atoms with E-state index in [-0.39, 0.29) is 18.1 Å². The van der Waals surface area contributed by atoms with Gasteiger partial charge in [0.15, 0.2) is 0 Å². The lowest BCUT2D eigenvalue weighted by Gasteiger charge is -2.31. The van der Waals surface area contributed by atoms with E-state index in [1.165, 1.54) is 0 Å². The molecule has 1 saturated carbocycles. The van der Waals surface area contributed by atoms with E-state index in [1.54, 1.807) is 0 Å². The van der Waals surface area contributed by atoms with Crippen LogP contribution in [0.25, 0.3) is 0 Å². The van der Waals surface area contributed by atoms with Crippen LogP contribution in [-0.2, 0) is 9.53 Å². The second-order valence-electron chi connectivity index (χ2n) is 4.24. The van der Waals surface area contributed by atoms with Gasteiger partial charge in [-0.3, -0.25) is 4.79 Å². The molecule has 0 aromatic rings. The van der Waals surface area contributed by atoms with Crippen LogP contribution in [0.5, 0.6) is 0 Å². The van der Waals surface area contributed by atoms with Crippen LogP contribution in [0.3, 0.4) is 0 Å². The van der Waals surface area contributed by atoms with Crippen LogP contribution in [0.1, 0.15) is 25.7 Å². The number of aliphatic hydroxyl groups is 1. The van der Waals surface area contributed by atoms with Crippen molar-refractivity contribution in [2.45, 2.75) is 37.9 Å². The first kappa shape index (κ1) is 9.93. The number of ether oxygens (including phenoxy) is 1. The molecular formula is C10H17NO3. The van der Waals surface area contributed by atoms with Crippen molar-refractivity contribution in [2.24, 2.45) is 5.92 Å². The zero-order chi connectivity index (χ0) is 9.97. The summed E-state index contributed by atoms with van der Waals surface area (Å²) >= 11 is 0. The highest BCUT2D eigenvalue weighted by molar-refractivity contribution is 5.80. The van der Waals surface area contributed by atoms with E-state index in [9.17, 15) is 4.79 Å². The minimum Gasteiger partial charge on any atom is -0.393 e. The van der Waals surface area contributed by atoms with Gasteiger partial charge in [0.05, 0.1) is 6.10 Å². The van der Waals surface area contributed by atoms with E-state index >= 15 is 0 Å². The van der Waals surface area contributed by atoms with E-state index < -0.39 is 0 Å². The Kier molecular flexibility index (Phi) is 3.03. The summed E-state index contributed by atoms with van der Waals surface area (Å²) in [5.74, 6) is 0.485. The second-order valence-corrected chi connectivity index (χ2v) is 4.24. The Balaban J connectivity index is 1.62. The molecule has 1 aliphatic carbocycles. The molecule has 0 radical (unpaired) electrons. The van der Waals surface area contributed by atoms with E-state index in [1.807, 2.05) is 0 Å². The number of rotatable bonds is 3. The molecule has 1 atom stereocenters. The monoisotopic (exact) mass is 199 g/mol. The smallest absolute Gasteiger partial charge is 0.249 e. The van der Waals surface area contributed by atoms with E-state index in [4.69, 9.17) is 9.84 Å². The molecule has 1 saturated heterocycles. The van der Waals surface area contributed by atoms with Crippen LogP contribution in [-0.4, -0.2) is 36.4 Å². The molecule has 80 valence electrons. The molecule has 1 heterocycles. The summed E-state index contributed by atoms with van der Waals surface area (Å²) in [6.45, 7) is 1.40. The molecule has 0 aromatic carbocycles. The number of carbonyl (C=O) groups is 1. The number of hydrogen-bond acceptors (Lipinski definition) is 3. The minimum atomic E-state index is -0.222. The molecule has 2 aliphatic rings. The molecule has 1 aliphatic heterocycles. The lowest BCUT2D eigenvalue weighted by molar-refractivity contribution is -0.130. The van der Waals surface area contributed by atoms with Gasteiger partial charge in [-0.25, -0.2) is 0 Å². The zero-order valence-electron chi connectivity index (χ0n) is 8.24. The van der Waals surface area contributed by atoms with Crippen molar-refractivity contribution in [3.63, 3.8) is 0 Å². The molecule has 14 heavy (non-hydrogen) atoms. The lowest BCUT2D eigenvalue weighted by Crippen LogP contribution is -2.41. The molecule has 4 heteroatoms. The summed E-state index contributed by atoms with van der Waals surface area (Å²) in [6, 6.07) is 0. The van der Waals surface area contributed by atoms with Gasteiger partial charge >= 0.3 is 0 Å². The summed E-state index contributed by atoms with van der Waals surface area (Å²) in [5, 5.41) is 11.9. The van der Waals surface area contributed by atoms with Crippen molar-refractivity contribution in [1.29, 1.82) is 0 Å². The van der Waals surface area contributed by atoms with E-state index in [0.717, 1.165) is 25.7 Å². The second kappa shape index (κ2) is 4.28. The molecule has 1 amide bonds. The van der Waals surface area contributed by atoms with Crippen LogP contribution in [0, 0.1) is 5.92 Å². The van der Waals surface area contributed by atoms with Crippen LogP contribution < -0.4 is 5.32 Å². The maximum atomic E-state index is 11.5. The van der Waals surface area contributed by atoms with Crippen LogP contribution >= 0.6 is 0 Å². The van der Waals surface area contributed by atoms with Crippen molar-refractivity contribution in [2.75, 3.05) is 13.2 Å². The molecular weight excluding hydrogens is 182 g/mol. The molecule has 2 N–H and O–H groups in total. The van der Waals surface area contributed by atoms with Crippen molar-refractivity contribution < 1.29 is 14.6 Å². The number of aliphatic hydroxyl groups excluding tert-OH is 1. The fourth-order valence-corrected chi connectivity index (χ4v) is 2.01. The van der Waals surface area contributed by atoms with Gasteiger partial charge in [-0.1, -0.05) is 0 Å². The molecule has 0 unspecified atom stereocenters. The summed E-state index contributed by atoms with van der Waals surface area (Å²) < 4.78 is 5.26. The molecule has 2 fully saturated rings. The zero-order valence-corrected chi connectivity index (χ0v) is 8.24. The van der Waals surface area contributed by atoms with Gasteiger partial charge in [0, 0.05) is 13.2 Å². The normalized spacial score (nSPS) is 36.5. The quantitative estimate of drug-likeness (QED) is 0.675. The summed E-state index contributed by atoms with van der Waals surface area (Å²) in [4.78, 5) is 11.5. The third kappa shape index (κ3) is 2.25. The van der Waals surface area contributed by atoms with Crippen LogP contribution in [0.15, 0.2) is 0 Å². The highest BCUT2D eigenvalue weighted by atomic mass is 16.5. The third-order valence-corrected chi connectivity index (χ3v) is 3.00. The Hall–Kier alpha value is -0.610. The van der Waals surface area contributed by atoms with Gasteiger partial charge in [0.25, 0.3) is 0 Å². The molecule has 0 aromatic heterocycles. The Labute approximate surface area is 83.6 Å². The first-order chi connectivity index (χ1) is 6.75. The summed E-state index contributed by atoms with van der Waals surface area (Å²) in [6.07, 6.45) is 3.12. The maximum absolute atomic E-state index is 11.5. The maximum Gasteiger partial charge on any atom is 0.249 e. The fraction of sp³-hybridized carbons (Fsp3) is 0.900. The Morgan fingerprint density at radius 1 is 1.50 bits per heavy atom. The fourth-order valence-electron chi connectivity index (χ4n) is 2.01. The van der Waals surface area contributed by atoms with Crippen molar-refractivity contribution >= 4 is 5.91 Å². The SMILES string of the molecule is O=C(NCC1CC(O)C1)[C@H]1CCCO1. The van der Waals surface area contributed by atoms with Gasteiger partial charge in [-0.2, -0.15) is 0 Å². The van der Waals surface area contributed by atoms with Crippen molar-refractivity contribution in [1.82, 2.24) is 5.32 Å². The Morgan fingerprint density at radius 2 is 2.29 bits per heavy atom. The summed E-state index contributed by atoms with van der Waals surface area (Å²) in [5.41, 5.74) is 0. The number of carbonyl (C=O) groups excluding carboxylic acids is 1. The van der Waals surface area contributed by atoms with E-state index in [0.29, 0.717) is 19.1 Å². The third-order valence-electron chi connectivity index (χ3n) is 3.00. The van der Waals surface area contributed by atoms with Crippen molar-refractivity contribution in [3.05, 3.63) is 0 Å². The van der Waals surface area contributed by atoms with Crippen LogP contribution in [0.2, 0.25) is 0 Å². The lowest BCUT2D eigenvalue weighted by atomic mass is 9.82. The molecule has 4 nitrogen and oxygen atoms in total. The van der Waals surface area contributed by atoms with Crippen molar-refractivity contribution in [3.8, 4) is 0 Å². The van der Waals surface area contributed by atoms with E-state index in [2.05, 4.69) is 5.32 Å². The minimum absolute atomic E-state index is 0.0175. The first-order valence-corrected chi connectivity index (χ1v) is 5.33. The average Bonchev–Trinajstić information content (AvgIpc) is 2.62. The highest BCUT2D eigenvalue weighted by Gasteiger charge is 2.29. The Morgan fingerprint density at radius 3 is 2.86 bits per heavy atom. The van der Waals surface area contributed by atoms with Gasteiger partial charge in [0.2, 0.25) is 5.91 Å². The first-order valence-electron chi connectivity index (χ1n) is 5.33. The standard InChI is InChI=1S/C10H17NO3/c12-8-4-7(5-8)6-11-10(13)9-2-1-3-14-9/h7-9,12H,1-6H2,(H,11,13)/t7?,8?,9-/m1/s1. The van der Waals surface area contributed by atoms with Gasteiger partial charge in [-0.05, 0) is 31.6 Å². The number of nitrogens with one attached hydrogen (secondary N) is 1. The predicted molar refractivity (Wildman–Crippen MR) is 50.7 cm³/mol. The highest BCUT2D eigenvalue weighted by Crippen LogP contribution is 2.26. The molecule has 0 spiro atoms. The van der Waals surface area contributed by atoms with Gasteiger partial charge in [0.1, 0.15) is 6.10 Å². The van der Waals surface area contributed by atoms with Crippen LogP contribution in [0.4, 0.5) is 0 Å². The number of amides is 1. The molecule has 0 bridgehead atoms. The molecule has 2 rings (SSSR count). The number of hydrogen-bond donors (Lipinski definition) is 2. The largest absolute Gasteiger partial charge is 0.393 e. The average molecular weight is 199 g/mol.